The fraction of sp³-hybridized carbons (Fsp3) is 0.846. The molecule has 1 rings (SSSR count). The lowest BCUT2D eigenvalue weighted by Crippen LogP contribution is -2.36. The first-order valence-electron chi connectivity index (χ1n) is 6.91. The monoisotopic (exact) mass is 307 g/mol. The number of carbonyl (C=O) groups excluding carboxylic acids is 2. The third-order valence-electron chi connectivity index (χ3n) is 3.13. The Morgan fingerprint density at radius 3 is 2.50 bits per heavy atom. The Morgan fingerprint density at radius 1 is 1.25 bits per heavy atom. The maximum atomic E-state index is 11.5. The number of hydrogen-bond acceptors (Lipinski definition) is 4. The van der Waals surface area contributed by atoms with E-state index in [2.05, 4.69) is 16.0 Å². The lowest BCUT2D eigenvalue weighted by atomic mass is 10.1. The molecule has 0 radical (unpaired) electrons. The van der Waals surface area contributed by atoms with Gasteiger partial charge in [-0.1, -0.05) is 13.8 Å². The maximum Gasteiger partial charge on any atom is 0.221 e. The SMILES string of the molecule is CC(C)CC(=O)NCCC(=O)NCC1CNCC1O.Cl. The molecule has 1 aliphatic heterocycles. The van der Waals surface area contributed by atoms with Crippen molar-refractivity contribution < 1.29 is 14.7 Å². The van der Waals surface area contributed by atoms with Crippen LogP contribution in [0.15, 0.2) is 0 Å². The molecule has 1 heterocycles. The zero-order valence-electron chi connectivity index (χ0n) is 12.1. The van der Waals surface area contributed by atoms with Crippen LogP contribution in [0.3, 0.4) is 0 Å². The third-order valence-corrected chi connectivity index (χ3v) is 3.13. The summed E-state index contributed by atoms with van der Waals surface area (Å²) in [5.41, 5.74) is 0. The molecule has 2 unspecified atom stereocenters. The number of amides is 2. The van der Waals surface area contributed by atoms with Crippen molar-refractivity contribution in [3.63, 3.8) is 0 Å². The van der Waals surface area contributed by atoms with Crippen LogP contribution in [0.2, 0.25) is 0 Å². The van der Waals surface area contributed by atoms with Crippen LogP contribution >= 0.6 is 12.4 Å². The molecule has 0 aliphatic carbocycles. The molecule has 0 aromatic carbocycles. The summed E-state index contributed by atoms with van der Waals surface area (Å²) in [7, 11) is 0. The predicted molar refractivity (Wildman–Crippen MR) is 79.7 cm³/mol. The van der Waals surface area contributed by atoms with E-state index >= 15 is 0 Å². The molecule has 118 valence electrons. The predicted octanol–water partition coefficient (Wildman–Crippen LogP) is -0.343. The van der Waals surface area contributed by atoms with E-state index in [1.807, 2.05) is 13.8 Å². The number of hydrogen-bond donors (Lipinski definition) is 4. The Morgan fingerprint density at radius 2 is 1.95 bits per heavy atom. The second-order valence-corrected chi connectivity index (χ2v) is 5.49. The lowest BCUT2D eigenvalue weighted by Gasteiger charge is -2.14. The van der Waals surface area contributed by atoms with Gasteiger partial charge in [-0.05, 0) is 5.92 Å². The average Bonchev–Trinajstić information content (AvgIpc) is 2.71. The van der Waals surface area contributed by atoms with Crippen LogP contribution in [0.4, 0.5) is 0 Å². The molecule has 20 heavy (non-hydrogen) atoms. The fourth-order valence-corrected chi connectivity index (χ4v) is 2.02. The van der Waals surface area contributed by atoms with Gasteiger partial charge in [-0.25, -0.2) is 0 Å². The van der Waals surface area contributed by atoms with Crippen molar-refractivity contribution in [2.24, 2.45) is 11.8 Å². The number of aliphatic hydroxyl groups is 1. The third kappa shape index (κ3) is 7.67. The smallest absolute Gasteiger partial charge is 0.221 e. The minimum absolute atomic E-state index is 0. The molecular formula is C13H26ClN3O3. The molecule has 0 spiro atoms. The Hall–Kier alpha value is -0.850. The van der Waals surface area contributed by atoms with Crippen LogP contribution in [0.25, 0.3) is 0 Å². The summed E-state index contributed by atoms with van der Waals surface area (Å²) in [4.78, 5) is 22.9. The summed E-state index contributed by atoms with van der Waals surface area (Å²) >= 11 is 0. The highest BCUT2D eigenvalue weighted by molar-refractivity contribution is 5.85. The van der Waals surface area contributed by atoms with Gasteiger partial charge in [0.15, 0.2) is 0 Å². The quantitative estimate of drug-likeness (QED) is 0.518. The van der Waals surface area contributed by atoms with Gasteiger partial charge in [0.1, 0.15) is 0 Å². The minimum atomic E-state index is -0.383. The summed E-state index contributed by atoms with van der Waals surface area (Å²) in [6.45, 7) is 6.12. The number of rotatable bonds is 7. The van der Waals surface area contributed by atoms with Crippen LogP contribution in [0.5, 0.6) is 0 Å². The summed E-state index contributed by atoms with van der Waals surface area (Å²) in [5, 5.41) is 18.1. The van der Waals surface area contributed by atoms with Gasteiger partial charge in [0.05, 0.1) is 6.10 Å². The highest BCUT2D eigenvalue weighted by Crippen LogP contribution is 2.06. The van der Waals surface area contributed by atoms with E-state index in [0.717, 1.165) is 6.54 Å². The van der Waals surface area contributed by atoms with E-state index in [9.17, 15) is 14.7 Å². The van der Waals surface area contributed by atoms with Crippen molar-refractivity contribution in [1.29, 1.82) is 0 Å². The summed E-state index contributed by atoms with van der Waals surface area (Å²) in [6.07, 6.45) is 0.382. The van der Waals surface area contributed by atoms with E-state index in [1.54, 1.807) is 0 Å². The number of β-amino-alcohol motifs (C(OH)–C–C–N with tert-alkyl or cyclic N) is 1. The van der Waals surface area contributed by atoms with Crippen molar-refractivity contribution >= 4 is 24.2 Å². The summed E-state index contributed by atoms with van der Waals surface area (Å²) in [6, 6.07) is 0. The van der Waals surface area contributed by atoms with Crippen LogP contribution in [0, 0.1) is 11.8 Å². The first-order valence-corrected chi connectivity index (χ1v) is 6.91. The Labute approximate surface area is 126 Å². The van der Waals surface area contributed by atoms with Crippen LogP contribution in [-0.2, 0) is 9.59 Å². The van der Waals surface area contributed by atoms with Gasteiger partial charge < -0.3 is 21.1 Å². The number of carbonyl (C=O) groups is 2. The summed E-state index contributed by atoms with van der Waals surface area (Å²) < 4.78 is 0. The molecule has 0 aromatic heterocycles. The fourth-order valence-electron chi connectivity index (χ4n) is 2.02. The second kappa shape index (κ2) is 9.96. The number of halogens is 1. The molecule has 2 atom stereocenters. The molecule has 1 fully saturated rings. The van der Waals surface area contributed by atoms with Gasteiger partial charge in [0.25, 0.3) is 0 Å². The normalized spacial score (nSPS) is 21.4. The van der Waals surface area contributed by atoms with E-state index in [-0.39, 0.29) is 42.7 Å². The van der Waals surface area contributed by atoms with E-state index in [4.69, 9.17) is 0 Å². The highest BCUT2D eigenvalue weighted by Gasteiger charge is 2.24. The summed E-state index contributed by atoms with van der Waals surface area (Å²) in [5.74, 6) is 0.298. The number of nitrogens with one attached hydrogen (secondary N) is 3. The molecule has 7 heteroatoms. The maximum absolute atomic E-state index is 11.5. The first kappa shape index (κ1) is 19.1. The molecule has 4 N–H and O–H groups in total. The Balaban J connectivity index is 0.00000361. The lowest BCUT2D eigenvalue weighted by molar-refractivity contribution is -0.122. The molecular weight excluding hydrogens is 282 g/mol. The van der Waals surface area contributed by atoms with Gasteiger partial charge in [-0.15, -0.1) is 12.4 Å². The van der Waals surface area contributed by atoms with Gasteiger partial charge >= 0.3 is 0 Å². The first-order chi connectivity index (χ1) is 8.99. The zero-order chi connectivity index (χ0) is 14.3. The molecule has 2 amide bonds. The average molecular weight is 308 g/mol. The zero-order valence-corrected chi connectivity index (χ0v) is 13.0. The van der Waals surface area contributed by atoms with Crippen molar-refractivity contribution in [2.45, 2.75) is 32.8 Å². The van der Waals surface area contributed by atoms with Crippen molar-refractivity contribution in [2.75, 3.05) is 26.2 Å². The van der Waals surface area contributed by atoms with Crippen LogP contribution < -0.4 is 16.0 Å². The van der Waals surface area contributed by atoms with Gasteiger partial charge in [0, 0.05) is 44.9 Å². The molecule has 0 bridgehead atoms. The largest absolute Gasteiger partial charge is 0.391 e. The van der Waals surface area contributed by atoms with Crippen LogP contribution in [0.1, 0.15) is 26.7 Å². The van der Waals surface area contributed by atoms with Gasteiger partial charge in [0.2, 0.25) is 11.8 Å². The molecule has 0 saturated carbocycles. The topological polar surface area (TPSA) is 90.5 Å². The van der Waals surface area contributed by atoms with Crippen molar-refractivity contribution in [3.8, 4) is 0 Å². The molecule has 0 aromatic rings. The van der Waals surface area contributed by atoms with Crippen molar-refractivity contribution in [3.05, 3.63) is 0 Å². The van der Waals surface area contributed by atoms with Gasteiger partial charge in [-0.3, -0.25) is 9.59 Å². The van der Waals surface area contributed by atoms with Crippen molar-refractivity contribution in [1.82, 2.24) is 16.0 Å². The second-order valence-electron chi connectivity index (χ2n) is 5.49. The molecule has 1 saturated heterocycles. The van der Waals surface area contributed by atoms with E-state index < -0.39 is 0 Å². The highest BCUT2D eigenvalue weighted by atomic mass is 35.5. The van der Waals surface area contributed by atoms with Crippen LogP contribution in [-0.4, -0.2) is 49.2 Å². The molecule has 1 aliphatic rings. The van der Waals surface area contributed by atoms with E-state index in [1.165, 1.54) is 0 Å². The number of aliphatic hydroxyl groups excluding tert-OH is 1. The van der Waals surface area contributed by atoms with E-state index in [0.29, 0.717) is 32.0 Å². The molecule has 6 nitrogen and oxygen atoms in total. The Kier molecular flexibility index (Phi) is 9.54. The standard InChI is InChI=1S/C13H25N3O3.ClH/c1-9(2)5-13(19)15-4-3-12(18)16-7-10-6-14-8-11(10)17;/h9-11,14,17H,3-8H2,1-2H3,(H,15,19)(H,16,18);1H. The Bertz CT molecular complexity index is 313. The van der Waals surface area contributed by atoms with Gasteiger partial charge in [-0.2, -0.15) is 0 Å². The minimum Gasteiger partial charge on any atom is -0.391 e.